The van der Waals surface area contributed by atoms with Crippen LogP contribution in [0, 0.1) is 5.92 Å². The zero-order valence-electron chi connectivity index (χ0n) is 16.3. The largest absolute Gasteiger partial charge is 0.329 e. The predicted octanol–water partition coefficient (Wildman–Crippen LogP) is 1.60. The molecule has 2 N–H and O–H groups in total. The van der Waals surface area contributed by atoms with E-state index in [4.69, 9.17) is 0 Å². The average Bonchev–Trinajstić information content (AvgIpc) is 3.48. The molecule has 2 fully saturated rings. The Labute approximate surface area is 173 Å². The lowest BCUT2D eigenvalue weighted by Crippen LogP contribution is -2.39. The van der Waals surface area contributed by atoms with Crippen molar-refractivity contribution >= 4 is 32.9 Å². The Morgan fingerprint density at radius 3 is 2.57 bits per heavy atom. The SMILES string of the molecule is O=C(Nc1nc(-c2ccc(CN3CCS(=O)(=O)CC3)cc2)c2nc[nH]c2n1)C1CC1. The monoisotopic (exact) mass is 426 g/mol. The smallest absolute Gasteiger partial charge is 0.232 e. The molecular weight excluding hydrogens is 404 g/mol. The van der Waals surface area contributed by atoms with Gasteiger partial charge in [-0.2, -0.15) is 4.98 Å². The first-order valence-electron chi connectivity index (χ1n) is 10.0. The normalized spacial score (nSPS) is 19.1. The third-order valence-corrected chi connectivity index (χ3v) is 7.14. The summed E-state index contributed by atoms with van der Waals surface area (Å²) in [7, 11) is -2.88. The number of carbonyl (C=O) groups is 1. The summed E-state index contributed by atoms with van der Waals surface area (Å²) in [6, 6.07) is 7.97. The van der Waals surface area contributed by atoms with E-state index in [1.807, 2.05) is 24.3 Å². The van der Waals surface area contributed by atoms with E-state index in [2.05, 4.69) is 30.2 Å². The number of carbonyl (C=O) groups excluding carboxylic acids is 1. The molecule has 3 aromatic rings. The summed E-state index contributed by atoms with van der Waals surface area (Å²) < 4.78 is 23.2. The lowest BCUT2D eigenvalue weighted by Gasteiger charge is -2.26. The van der Waals surface area contributed by atoms with Gasteiger partial charge in [-0.1, -0.05) is 24.3 Å². The van der Waals surface area contributed by atoms with Crippen molar-refractivity contribution in [3.63, 3.8) is 0 Å². The summed E-state index contributed by atoms with van der Waals surface area (Å²) in [6.07, 6.45) is 3.39. The van der Waals surface area contributed by atoms with Gasteiger partial charge in [0.2, 0.25) is 11.9 Å². The number of nitrogens with zero attached hydrogens (tertiary/aromatic N) is 4. The zero-order valence-corrected chi connectivity index (χ0v) is 17.2. The maximum absolute atomic E-state index is 12.1. The first-order valence-corrected chi connectivity index (χ1v) is 11.8. The minimum Gasteiger partial charge on any atom is -0.329 e. The molecule has 1 saturated carbocycles. The Kier molecular flexibility index (Phi) is 4.75. The van der Waals surface area contributed by atoms with E-state index < -0.39 is 9.84 Å². The molecule has 5 rings (SSSR count). The van der Waals surface area contributed by atoms with Gasteiger partial charge in [0.1, 0.15) is 11.2 Å². The Morgan fingerprint density at radius 2 is 1.87 bits per heavy atom. The van der Waals surface area contributed by atoms with E-state index in [-0.39, 0.29) is 29.3 Å². The van der Waals surface area contributed by atoms with Crippen LogP contribution in [0.15, 0.2) is 30.6 Å². The summed E-state index contributed by atoms with van der Waals surface area (Å²) in [5, 5.41) is 2.80. The molecule has 1 saturated heterocycles. The molecule has 0 bridgehead atoms. The van der Waals surface area contributed by atoms with Crippen molar-refractivity contribution in [1.82, 2.24) is 24.8 Å². The van der Waals surface area contributed by atoms with Gasteiger partial charge in [-0.3, -0.25) is 15.0 Å². The molecule has 156 valence electrons. The molecule has 2 aliphatic rings. The minimum atomic E-state index is -2.88. The predicted molar refractivity (Wildman–Crippen MR) is 112 cm³/mol. The van der Waals surface area contributed by atoms with Crippen molar-refractivity contribution < 1.29 is 13.2 Å². The molecule has 1 amide bonds. The van der Waals surface area contributed by atoms with Crippen LogP contribution in [0.4, 0.5) is 5.95 Å². The number of nitrogens with one attached hydrogen (secondary N) is 2. The second-order valence-corrected chi connectivity index (χ2v) is 10.2. The van der Waals surface area contributed by atoms with Crippen LogP contribution >= 0.6 is 0 Å². The quantitative estimate of drug-likeness (QED) is 0.636. The maximum Gasteiger partial charge on any atom is 0.232 e. The fourth-order valence-electron chi connectivity index (χ4n) is 3.59. The zero-order chi connectivity index (χ0) is 20.7. The van der Waals surface area contributed by atoms with Crippen LogP contribution in [-0.4, -0.2) is 63.8 Å². The van der Waals surface area contributed by atoms with E-state index in [0.717, 1.165) is 24.0 Å². The van der Waals surface area contributed by atoms with Crippen LogP contribution < -0.4 is 5.32 Å². The summed E-state index contributed by atoms with van der Waals surface area (Å²) in [5.74, 6) is 0.742. The van der Waals surface area contributed by atoms with Crippen molar-refractivity contribution in [2.45, 2.75) is 19.4 Å². The third kappa shape index (κ3) is 4.05. The van der Waals surface area contributed by atoms with Gasteiger partial charge in [0.05, 0.1) is 17.8 Å². The average molecular weight is 427 g/mol. The van der Waals surface area contributed by atoms with Crippen molar-refractivity contribution in [2.75, 3.05) is 29.9 Å². The number of H-pyrrole nitrogens is 1. The Hall–Kier alpha value is -2.85. The molecule has 2 aromatic heterocycles. The Morgan fingerprint density at radius 1 is 1.13 bits per heavy atom. The molecule has 0 atom stereocenters. The highest BCUT2D eigenvalue weighted by Crippen LogP contribution is 2.31. The summed E-state index contributed by atoms with van der Waals surface area (Å²) in [6.45, 7) is 1.84. The molecule has 30 heavy (non-hydrogen) atoms. The number of aromatic nitrogens is 4. The van der Waals surface area contributed by atoms with Crippen LogP contribution in [-0.2, 0) is 21.2 Å². The fourth-order valence-corrected chi connectivity index (χ4v) is 4.86. The second-order valence-electron chi connectivity index (χ2n) is 7.88. The number of hydrogen-bond acceptors (Lipinski definition) is 7. The molecule has 10 heteroatoms. The highest BCUT2D eigenvalue weighted by Gasteiger charge is 2.30. The van der Waals surface area contributed by atoms with Gasteiger partial charge in [-0.05, 0) is 18.4 Å². The Balaban J connectivity index is 1.37. The number of amides is 1. The van der Waals surface area contributed by atoms with E-state index in [1.165, 1.54) is 0 Å². The van der Waals surface area contributed by atoms with Crippen molar-refractivity contribution in [1.29, 1.82) is 0 Å². The minimum absolute atomic E-state index is 0.0429. The number of imidazole rings is 1. The van der Waals surface area contributed by atoms with Gasteiger partial charge in [0.25, 0.3) is 0 Å². The van der Waals surface area contributed by atoms with Gasteiger partial charge >= 0.3 is 0 Å². The summed E-state index contributed by atoms with van der Waals surface area (Å²) >= 11 is 0. The molecule has 9 nitrogen and oxygen atoms in total. The molecule has 0 spiro atoms. The van der Waals surface area contributed by atoms with Crippen molar-refractivity contribution in [3.05, 3.63) is 36.2 Å². The summed E-state index contributed by atoms with van der Waals surface area (Å²) in [4.78, 5) is 30.5. The lowest BCUT2D eigenvalue weighted by molar-refractivity contribution is -0.117. The van der Waals surface area contributed by atoms with Crippen LogP contribution in [0.3, 0.4) is 0 Å². The molecule has 1 aromatic carbocycles. The van der Waals surface area contributed by atoms with E-state index in [9.17, 15) is 13.2 Å². The van der Waals surface area contributed by atoms with Gasteiger partial charge in [-0.25, -0.2) is 18.4 Å². The van der Waals surface area contributed by atoms with Gasteiger partial charge in [0.15, 0.2) is 15.5 Å². The third-order valence-electron chi connectivity index (χ3n) is 5.53. The fraction of sp³-hybridized carbons (Fsp3) is 0.400. The number of benzene rings is 1. The van der Waals surface area contributed by atoms with E-state index >= 15 is 0 Å². The van der Waals surface area contributed by atoms with Crippen molar-refractivity contribution in [3.8, 4) is 11.3 Å². The van der Waals surface area contributed by atoms with E-state index in [0.29, 0.717) is 36.5 Å². The number of fused-ring (bicyclic) bond motifs is 1. The van der Waals surface area contributed by atoms with E-state index in [1.54, 1.807) is 6.33 Å². The van der Waals surface area contributed by atoms with Gasteiger partial charge in [-0.15, -0.1) is 0 Å². The number of anilines is 1. The Bertz CT molecular complexity index is 1190. The molecule has 3 heterocycles. The lowest BCUT2D eigenvalue weighted by atomic mass is 10.1. The van der Waals surface area contributed by atoms with Crippen LogP contribution in [0.1, 0.15) is 18.4 Å². The molecular formula is C20H22N6O3S. The molecule has 1 aliphatic carbocycles. The number of rotatable bonds is 5. The number of aromatic amines is 1. The second kappa shape index (κ2) is 7.44. The highest BCUT2D eigenvalue weighted by atomic mass is 32.2. The standard InChI is InChI=1S/C20H22N6O3S/c27-19(15-5-6-15)25-20-23-16(17-18(24-20)22-12-21-17)14-3-1-13(2-4-14)11-26-7-9-30(28,29)10-8-26/h1-4,12,15H,5-11H2,(H2,21,22,23,24,25,27). The van der Waals surface area contributed by atoms with Gasteiger partial charge in [0, 0.05) is 31.1 Å². The number of sulfone groups is 1. The molecule has 0 radical (unpaired) electrons. The highest BCUT2D eigenvalue weighted by molar-refractivity contribution is 7.91. The molecule has 0 unspecified atom stereocenters. The van der Waals surface area contributed by atoms with Crippen molar-refractivity contribution in [2.24, 2.45) is 5.92 Å². The maximum atomic E-state index is 12.1. The first-order chi connectivity index (χ1) is 14.5. The first kappa shape index (κ1) is 19.1. The number of hydrogen-bond donors (Lipinski definition) is 2. The summed E-state index contributed by atoms with van der Waals surface area (Å²) in [5.41, 5.74) is 3.86. The van der Waals surface area contributed by atoms with Gasteiger partial charge < -0.3 is 4.98 Å². The van der Waals surface area contributed by atoms with Crippen LogP contribution in [0.2, 0.25) is 0 Å². The topological polar surface area (TPSA) is 121 Å². The van der Waals surface area contributed by atoms with Crippen LogP contribution in [0.5, 0.6) is 0 Å². The van der Waals surface area contributed by atoms with Crippen LogP contribution in [0.25, 0.3) is 22.4 Å². The molecule has 1 aliphatic heterocycles.